The van der Waals surface area contributed by atoms with E-state index in [1.165, 1.54) is 0 Å². The van der Waals surface area contributed by atoms with Gasteiger partial charge in [0.05, 0.1) is 6.42 Å². The fraction of sp³-hybridized carbons (Fsp3) is 0.500. The Kier molecular flexibility index (Phi) is 3.51. The fourth-order valence-electron chi connectivity index (χ4n) is 2.17. The molecular weight excluding hydrogens is 202 g/mol. The maximum atomic E-state index is 12.0. The van der Waals surface area contributed by atoms with Crippen molar-refractivity contribution in [2.75, 3.05) is 13.1 Å². The molecule has 1 saturated heterocycles. The average Bonchev–Trinajstić information content (AvgIpc) is 2.78. The lowest BCUT2D eigenvalue weighted by Gasteiger charge is -2.23. The summed E-state index contributed by atoms with van der Waals surface area (Å²) in [7, 11) is 0. The average molecular weight is 219 g/mol. The first kappa shape index (κ1) is 11.1. The zero-order valence-electron chi connectivity index (χ0n) is 9.30. The SMILES string of the molecule is NCC1CCCN1C(=O)Cc1ccccn1. The van der Waals surface area contributed by atoms with E-state index < -0.39 is 0 Å². The summed E-state index contributed by atoms with van der Waals surface area (Å²) in [5.41, 5.74) is 6.47. The summed E-state index contributed by atoms with van der Waals surface area (Å²) in [6, 6.07) is 5.87. The van der Waals surface area contributed by atoms with Crippen LogP contribution in [0, 0.1) is 0 Å². The standard InChI is InChI=1S/C12H17N3O/c13-9-11-5-3-7-15(11)12(16)8-10-4-1-2-6-14-10/h1-2,4,6,11H,3,5,7-9,13H2. The number of pyridine rings is 1. The Morgan fingerprint density at radius 2 is 2.44 bits per heavy atom. The van der Waals surface area contributed by atoms with Crippen molar-refractivity contribution in [1.29, 1.82) is 0 Å². The van der Waals surface area contributed by atoms with E-state index >= 15 is 0 Å². The molecule has 1 aliphatic rings. The number of amides is 1. The molecule has 1 aliphatic heterocycles. The van der Waals surface area contributed by atoms with Gasteiger partial charge in [0.1, 0.15) is 0 Å². The molecule has 2 rings (SSSR count). The molecule has 1 amide bonds. The zero-order valence-corrected chi connectivity index (χ0v) is 9.30. The van der Waals surface area contributed by atoms with Crippen molar-refractivity contribution in [1.82, 2.24) is 9.88 Å². The number of rotatable bonds is 3. The first-order valence-electron chi connectivity index (χ1n) is 5.70. The topological polar surface area (TPSA) is 59.2 Å². The molecule has 16 heavy (non-hydrogen) atoms. The van der Waals surface area contributed by atoms with Gasteiger partial charge in [0, 0.05) is 31.0 Å². The van der Waals surface area contributed by atoms with Crippen molar-refractivity contribution in [3.05, 3.63) is 30.1 Å². The molecule has 1 aromatic rings. The van der Waals surface area contributed by atoms with Crippen LogP contribution >= 0.6 is 0 Å². The van der Waals surface area contributed by atoms with Crippen LogP contribution in [0.15, 0.2) is 24.4 Å². The van der Waals surface area contributed by atoms with Gasteiger partial charge in [-0.3, -0.25) is 9.78 Å². The Labute approximate surface area is 95.5 Å². The van der Waals surface area contributed by atoms with Gasteiger partial charge in [0.2, 0.25) is 5.91 Å². The Morgan fingerprint density at radius 1 is 1.56 bits per heavy atom. The van der Waals surface area contributed by atoms with Crippen molar-refractivity contribution in [2.24, 2.45) is 5.73 Å². The van der Waals surface area contributed by atoms with E-state index in [9.17, 15) is 4.79 Å². The van der Waals surface area contributed by atoms with E-state index in [1.54, 1.807) is 6.20 Å². The molecule has 0 bridgehead atoms. The monoisotopic (exact) mass is 219 g/mol. The van der Waals surface area contributed by atoms with Gasteiger partial charge in [-0.2, -0.15) is 0 Å². The van der Waals surface area contributed by atoms with E-state index in [-0.39, 0.29) is 11.9 Å². The van der Waals surface area contributed by atoms with Crippen LogP contribution in [0.5, 0.6) is 0 Å². The molecule has 1 unspecified atom stereocenters. The van der Waals surface area contributed by atoms with Crippen molar-refractivity contribution in [3.8, 4) is 0 Å². The summed E-state index contributed by atoms with van der Waals surface area (Å²) in [4.78, 5) is 18.1. The van der Waals surface area contributed by atoms with Crippen molar-refractivity contribution in [3.63, 3.8) is 0 Å². The molecule has 2 N–H and O–H groups in total. The number of aromatic nitrogens is 1. The predicted octanol–water partition coefficient (Wildman–Crippen LogP) is 0.574. The van der Waals surface area contributed by atoms with Crippen LogP contribution in [-0.2, 0) is 11.2 Å². The molecular formula is C12H17N3O. The molecule has 0 saturated carbocycles. The molecule has 4 nitrogen and oxygen atoms in total. The smallest absolute Gasteiger partial charge is 0.228 e. The van der Waals surface area contributed by atoms with E-state index in [0.29, 0.717) is 13.0 Å². The first-order chi connectivity index (χ1) is 7.81. The Bertz CT molecular complexity index is 353. The molecule has 0 radical (unpaired) electrons. The maximum absolute atomic E-state index is 12.0. The highest BCUT2D eigenvalue weighted by Gasteiger charge is 2.27. The van der Waals surface area contributed by atoms with Crippen molar-refractivity contribution < 1.29 is 4.79 Å². The molecule has 2 heterocycles. The normalized spacial score (nSPS) is 20.1. The third-order valence-electron chi connectivity index (χ3n) is 3.03. The summed E-state index contributed by atoms with van der Waals surface area (Å²) in [5.74, 6) is 0.145. The van der Waals surface area contributed by atoms with Crippen LogP contribution < -0.4 is 5.73 Å². The highest BCUT2D eigenvalue weighted by Crippen LogP contribution is 2.17. The molecule has 1 fully saturated rings. The number of likely N-dealkylation sites (tertiary alicyclic amines) is 1. The largest absolute Gasteiger partial charge is 0.338 e. The number of hydrogen-bond donors (Lipinski definition) is 1. The molecule has 1 atom stereocenters. The quantitative estimate of drug-likeness (QED) is 0.808. The number of carbonyl (C=O) groups is 1. The molecule has 0 aromatic carbocycles. The Hall–Kier alpha value is -1.42. The molecule has 86 valence electrons. The van der Waals surface area contributed by atoms with Crippen LogP contribution in [0.25, 0.3) is 0 Å². The first-order valence-corrected chi connectivity index (χ1v) is 5.70. The lowest BCUT2D eigenvalue weighted by atomic mass is 10.2. The van der Waals surface area contributed by atoms with Gasteiger partial charge < -0.3 is 10.6 Å². The van der Waals surface area contributed by atoms with E-state index in [2.05, 4.69) is 4.98 Å². The summed E-state index contributed by atoms with van der Waals surface area (Å²) in [6.07, 6.45) is 4.20. The van der Waals surface area contributed by atoms with Crippen molar-refractivity contribution >= 4 is 5.91 Å². The fourth-order valence-corrected chi connectivity index (χ4v) is 2.17. The van der Waals surface area contributed by atoms with Gasteiger partial charge in [0.25, 0.3) is 0 Å². The molecule has 1 aromatic heterocycles. The highest BCUT2D eigenvalue weighted by molar-refractivity contribution is 5.79. The third kappa shape index (κ3) is 2.39. The summed E-state index contributed by atoms with van der Waals surface area (Å²) < 4.78 is 0. The predicted molar refractivity (Wildman–Crippen MR) is 61.7 cm³/mol. The van der Waals surface area contributed by atoms with Gasteiger partial charge in [-0.25, -0.2) is 0 Å². The van der Waals surface area contributed by atoms with Crippen LogP contribution in [0.4, 0.5) is 0 Å². The van der Waals surface area contributed by atoms with Gasteiger partial charge >= 0.3 is 0 Å². The van der Waals surface area contributed by atoms with Crippen LogP contribution in [-0.4, -0.2) is 34.9 Å². The minimum atomic E-state index is 0.145. The lowest BCUT2D eigenvalue weighted by Crippen LogP contribution is -2.40. The lowest BCUT2D eigenvalue weighted by molar-refractivity contribution is -0.131. The molecule has 4 heteroatoms. The minimum Gasteiger partial charge on any atom is -0.338 e. The van der Waals surface area contributed by atoms with Crippen molar-refractivity contribution in [2.45, 2.75) is 25.3 Å². The number of nitrogens with two attached hydrogens (primary N) is 1. The maximum Gasteiger partial charge on any atom is 0.228 e. The van der Waals surface area contributed by atoms with E-state index in [0.717, 1.165) is 25.1 Å². The van der Waals surface area contributed by atoms with Crippen LogP contribution in [0.2, 0.25) is 0 Å². The van der Waals surface area contributed by atoms with Crippen LogP contribution in [0.1, 0.15) is 18.5 Å². The molecule has 0 spiro atoms. The number of carbonyl (C=O) groups excluding carboxylic acids is 1. The summed E-state index contributed by atoms with van der Waals surface area (Å²) in [5, 5.41) is 0. The number of hydrogen-bond acceptors (Lipinski definition) is 3. The third-order valence-corrected chi connectivity index (χ3v) is 3.03. The van der Waals surface area contributed by atoms with Gasteiger partial charge in [-0.15, -0.1) is 0 Å². The van der Waals surface area contributed by atoms with Gasteiger partial charge in [-0.05, 0) is 25.0 Å². The zero-order chi connectivity index (χ0) is 11.4. The second-order valence-electron chi connectivity index (χ2n) is 4.12. The Balaban J connectivity index is 1.98. The number of nitrogens with zero attached hydrogens (tertiary/aromatic N) is 2. The second kappa shape index (κ2) is 5.07. The van der Waals surface area contributed by atoms with Gasteiger partial charge in [-0.1, -0.05) is 6.07 Å². The minimum absolute atomic E-state index is 0.145. The second-order valence-corrected chi connectivity index (χ2v) is 4.12. The molecule has 0 aliphatic carbocycles. The highest BCUT2D eigenvalue weighted by atomic mass is 16.2. The summed E-state index contributed by atoms with van der Waals surface area (Å²) >= 11 is 0. The van der Waals surface area contributed by atoms with E-state index in [4.69, 9.17) is 5.73 Å². The Morgan fingerprint density at radius 3 is 3.12 bits per heavy atom. The summed E-state index contributed by atoms with van der Waals surface area (Å²) in [6.45, 7) is 1.40. The van der Waals surface area contributed by atoms with Crippen LogP contribution in [0.3, 0.4) is 0 Å². The van der Waals surface area contributed by atoms with E-state index in [1.807, 2.05) is 23.1 Å². The van der Waals surface area contributed by atoms with Gasteiger partial charge in [0.15, 0.2) is 0 Å².